The second-order valence-electron chi connectivity index (χ2n) is 12.2. The van der Waals surface area contributed by atoms with E-state index in [4.69, 9.17) is 0 Å². The summed E-state index contributed by atoms with van der Waals surface area (Å²) >= 11 is 1.28. The Labute approximate surface area is 239 Å². The van der Waals surface area contributed by atoms with Gasteiger partial charge in [0.2, 0.25) is 5.91 Å². The van der Waals surface area contributed by atoms with Gasteiger partial charge < -0.3 is 16.0 Å². The molecule has 2 aliphatic rings. The molecule has 0 radical (unpaired) electrons. The lowest BCUT2D eigenvalue weighted by Gasteiger charge is -2.36. The maximum Gasteiger partial charge on any atom is 0.251 e. The summed E-state index contributed by atoms with van der Waals surface area (Å²) in [6, 6.07) is 3.02. The number of amides is 3. The summed E-state index contributed by atoms with van der Waals surface area (Å²) in [5.41, 5.74) is 0.0536. The van der Waals surface area contributed by atoms with Crippen LogP contribution in [-0.4, -0.2) is 35.3 Å². The molecule has 1 fully saturated rings. The van der Waals surface area contributed by atoms with Gasteiger partial charge in [0.1, 0.15) is 5.82 Å². The summed E-state index contributed by atoms with van der Waals surface area (Å²) in [7, 11) is 0. The Balaban J connectivity index is 1.70. The summed E-state index contributed by atoms with van der Waals surface area (Å²) in [6.07, 6.45) is 11.8. The maximum absolute atomic E-state index is 15.3. The number of aromatic nitrogens is 1. The Hall–Kier alpha value is -3.33. The number of rotatable bonds is 7. The zero-order valence-electron chi connectivity index (χ0n) is 23.9. The first-order valence-corrected chi connectivity index (χ1v) is 14.8. The normalized spacial score (nSPS) is 21.4. The lowest BCUT2D eigenvalue weighted by atomic mass is 9.68. The van der Waals surface area contributed by atoms with Crippen LogP contribution in [0.4, 0.5) is 9.52 Å². The van der Waals surface area contributed by atoms with Crippen molar-refractivity contribution < 1.29 is 18.8 Å². The maximum atomic E-state index is 15.3. The molecule has 1 heterocycles. The first-order valence-electron chi connectivity index (χ1n) is 13.9. The van der Waals surface area contributed by atoms with Gasteiger partial charge >= 0.3 is 0 Å². The molecule has 3 amide bonds. The third kappa shape index (κ3) is 6.86. The minimum absolute atomic E-state index is 0.0788. The van der Waals surface area contributed by atoms with Gasteiger partial charge in [0, 0.05) is 41.2 Å². The average Bonchev–Trinajstić information content (AvgIpc) is 3.42. The van der Waals surface area contributed by atoms with Crippen LogP contribution in [0.2, 0.25) is 0 Å². The summed E-state index contributed by atoms with van der Waals surface area (Å²) in [4.78, 5) is 44.2. The molecule has 2 atom stereocenters. The van der Waals surface area contributed by atoms with Crippen molar-refractivity contribution in [2.24, 2.45) is 10.8 Å². The number of nitrogens with one attached hydrogen (secondary N) is 3. The molecule has 214 valence electrons. The molecule has 7 nitrogen and oxygen atoms in total. The van der Waals surface area contributed by atoms with E-state index >= 15 is 4.39 Å². The second-order valence-corrected chi connectivity index (χ2v) is 13.1. The minimum Gasteiger partial charge on any atom is -0.352 e. The van der Waals surface area contributed by atoms with Crippen molar-refractivity contribution in [3.8, 4) is 0 Å². The fourth-order valence-electron chi connectivity index (χ4n) is 5.27. The van der Waals surface area contributed by atoms with Gasteiger partial charge in [-0.15, -0.1) is 11.3 Å². The topological polar surface area (TPSA) is 100 Å². The van der Waals surface area contributed by atoms with E-state index in [0.717, 1.165) is 32.1 Å². The lowest BCUT2D eigenvalue weighted by molar-refractivity contribution is -0.123. The summed E-state index contributed by atoms with van der Waals surface area (Å²) in [5, 5.41) is 11.0. The van der Waals surface area contributed by atoms with E-state index in [9.17, 15) is 14.4 Å². The molecule has 1 aromatic heterocycles. The number of allylic oxidation sites excluding steroid dienone is 1. The van der Waals surface area contributed by atoms with E-state index < -0.39 is 17.2 Å². The van der Waals surface area contributed by atoms with E-state index in [-0.39, 0.29) is 34.7 Å². The number of carbonyl (C=O) groups is 3. The number of halogens is 1. The van der Waals surface area contributed by atoms with Gasteiger partial charge in [-0.3, -0.25) is 14.4 Å². The van der Waals surface area contributed by atoms with Crippen molar-refractivity contribution in [3.63, 3.8) is 0 Å². The highest BCUT2D eigenvalue weighted by molar-refractivity contribution is 7.13. The summed E-state index contributed by atoms with van der Waals surface area (Å²) in [6.45, 7) is 9.91. The van der Waals surface area contributed by atoms with Crippen molar-refractivity contribution in [3.05, 3.63) is 70.0 Å². The molecular formula is C31H39FN4O3S. The molecule has 0 spiro atoms. The van der Waals surface area contributed by atoms with Gasteiger partial charge in [-0.05, 0) is 55.4 Å². The fraction of sp³-hybridized carbons (Fsp3) is 0.484. The van der Waals surface area contributed by atoms with Crippen LogP contribution in [0.25, 0.3) is 0 Å². The number of benzene rings is 1. The van der Waals surface area contributed by atoms with Crippen molar-refractivity contribution in [1.82, 2.24) is 15.6 Å². The molecule has 0 saturated heterocycles. The van der Waals surface area contributed by atoms with Crippen molar-refractivity contribution in [2.75, 3.05) is 11.9 Å². The molecule has 3 N–H and O–H groups in total. The van der Waals surface area contributed by atoms with Gasteiger partial charge in [-0.1, -0.05) is 58.3 Å². The van der Waals surface area contributed by atoms with Crippen LogP contribution in [-0.2, 0) is 9.59 Å². The van der Waals surface area contributed by atoms with E-state index in [2.05, 4.69) is 20.9 Å². The Bertz CT molecular complexity index is 1320. The first kappa shape index (κ1) is 29.6. The summed E-state index contributed by atoms with van der Waals surface area (Å²) in [5.74, 6) is -2.14. The number of anilines is 1. The number of carbonyl (C=O) groups excluding carboxylic acids is 3. The number of thiazole rings is 1. The van der Waals surface area contributed by atoms with E-state index in [1.54, 1.807) is 49.7 Å². The lowest BCUT2D eigenvalue weighted by Crippen LogP contribution is -2.41. The van der Waals surface area contributed by atoms with Crippen LogP contribution in [0.1, 0.15) is 87.2 Å². The van der Waals surface area contributed by atoms with E-state index in [1.807, 2.05) is 20.8 Å². The van der Waals surface area contributed by atoms with Crippen LogP contribution in [0.3, 0.4) is 0 Å². The molecular weight excluding hydrogens is 527 g/mol. The fourth-order valence-corrected chi connectivity index (χ4v) is 5.79. The molecule has 9 heteroatoms. The van der Waals surface area contributed by atoms with Gasteiger partial charge in [0.15, 0.2) is 5.13 Å². The van der Waals surface area contributed by atoms with Crippen molar-refractivity contribution in [2.45, 2.75) is 78.7 Å². The number of nitrogens with zero attached hydrogens (tertiary/aromatic N) is 1. The predicted molar refractivity (Wildman–Crippen MR) is 157 cm³/mol. The monoisotopic (exact) mass is 566 g/mol. The SMILES string of the molecule is Cc1c(F)cc(C(=O)NC2CCCCC2)cc1C1C=CC(C(=O)NCC(C)(C)C)=CC1(C)C(=O)Nc1nccs1. The quantitative estimate of drug-likeness (QED) is 0.380. The molecule has 0 bridgehead atoms. The Kier molecular flexibility index (Phi) is 8.93. The van der Waals surface area contributed by atoms with Crippen LogP contribution < -0.4 is 16.0 Å². The highest BCUT2D eigenvalue weighted by Crippen LogP contribution is 2.45. The molecule has 0 aliphatic heterocycles. The Morgan fingerprint density at radius 2 is 1.85 bits per heavy atom. The molecule has 1 aromatic carbocycles. The molecule has 1 saturated carbocycles. The number of hydrogen-bond donors (Lipinski definition) is 3. The van der Waals surface area contributed by atoms with Gasteiger partial charge in [0.05, 0.1) is 5.41 Å². The van der Waals surface area contributed by atoms with Crippen LogP contribution >= 0.6 is 11.3 Å². The largest absolute Gasteiger partial charge is 0.352 e. The van der Waals surface area contributed by atoms with E-state index in [1.165, 1.54) is 17.4 Å². The van der Waals surface area contributed by atoms with Crippen LogP contribution in [0.15, 0.2) is 47.5 Å². The van der Waals surface area contributed by atoms with Crippen molar-refractivity contribution in [1.29, 1.82) is 0 Å². The third-order valence-electron chi connectivity index (χ3n) is 7.68. The molecule has 40 heavy (non-hydrogen) atoms. The average molecular weight is 567 g/mol. The molecule has 2 unspecified atom stereocenters. The highest BCUT2D eigenvalue weighted by Gasteiger charge is 2.43. The van der Waals surface area contributed by atoms with Gasteiger partial charge in [-0.25, -0.2) is 9.37 Å². The highest BCUT2D eigenvalue weighted by atomic mass is 32.1. The van der Waals surface area contributed by atoms with Crippen LogP contribution in [0, 0.1) is 23.6 Å². The number of hydrogen-bond acceptors (Lipinski definition) is 5. The summed E-state index contributed by atoms with van der Waals surface area (Å²) < 4.78 is 15.3. The molecule has 2 aromatic rings. The van der Waals surface area contributed by atoms with Gasteiger partial charge in [-0.2, -0.15) is 0 Å². The van der Waals surface area contributed by atoms with Crippen LogP contribution in [0.5, 0.6) is 0 Å². The Morgan fingerprint density at radius 3 is 2.50 bits per heavy atom. The first-order chi connectivity index (χ1) is 18.9. The molecule has 2 aliphatic carbocycles. The smallest absolute Gasteiger partial charge is 0.251 e. The van der Waals surface area contributed by atoms with Gasteiger partial charge in [0.25, 0.3) is 11.8 Å². The zero-order valence-corrected chi connectivity index (χ0v) is 24.7. The zero-order chi connectivity index (χ0) is 29.1. The van der Waals surface area contributed by atoms with Crippen molar-refractivity contribution >= 4 is 34.2 Å². The Morgan fingerprint density at radius 1 is 1.12 bits per heavy atom. The predicted octanol–water partition coefficient (Wildman–Crippen LogP) is 6.04. The second kappa shape index (κ2) is 12.0. The minimum atomic E-state index is -1.27. The third-order valence-corrected chi connectivity index (χ3v) is 8.36. The van der Waals surface area contributed by atoms with E-state index in [0.29, 0.717) is 28.4 Å². The standard InChI is InChI=1S/C31H39FN4O3S/c1-19-23(15-21(16-25(19)32)27(38)35-22-9-7-6-8-10-22)24-12-11-20(26(37)34-18-30(2,3)4)17-31(24,5)28(39)36-29-33-13-14-40-29/h11-17,22,24H,6-10,18H2,1-5H3,(H,34,37)(H,35,38)(H,33,36,39). The molecule has 4 rings (SSSR count).